The van der Waals surface area contributed by atoms with Crippen LogP contribution >= 0.6 is 11.3 Å². The lowest BCUT2D eigenvalue weighted by Crippen LogP contribution is -2.26. The molecule has 0 fully saturated rings. The SMILES string of the molecule is CN(Cc1ccccc1)S(=O)(=O)c1csc(C(=O)NCCc2ccccc2)c1. The maximum absolute atomic E-state index is 12.8. The second kappa shape index (κ2) is 9.14. The topological polar surface area (TPSA) is 66.5 Å². The van der Waals surface area contributed by atoms with E-state index in [1.807, 2.05) is 60.7 Å². The molecule has 0 aliphatic heterocycles. The summed E-state index contributed by atoms with van der Waals surface area (Å²) in [6.45, 7) is 0.772. The Labute approximate surface area is 169 Å². The highest BCUT2D eigenvalue weighted by Gasteiger charge is 2.23. The molecule has 28 heavy (non-hydrogen) atoms. The number of nitrogens with zero attached hydrogens (tertiary/aromatic N) is 1. The first-order valence-corrected chi connectivity index (χ1v) is 11.2. The van der Waals surface area contributed by atoms with E-state index in [0.717, 1.165) is 28.9 Å². The van der Waals surface area contributed by atoms with E-state index in [1.165, 1.54) is 15.8 Å². The standard InChI is InChI=1S/C21H22N2O3S2/c1-23(15-18-10-6-3-7-11-18)28(25,26)19-14-20(27-16-19)21(24)22-13-12-17-8-4-2-5-9-17/h2-11,14,16H,12-13,15H2,1H3,(H,22,24). The van der Waals surface area contributed by atoms with Gasteiger partial charge in [0.1, 0.15) is 0 Å². The van der Waals surface area contributed by atoms with Crippen LogP contribution in [0.15, 0.2) is 77.0 Å². The smallest absolute Gasteiger partial charge is 0.261 e. The Bertz CT molecular complexity index is 1020. The summed E-state index contributed by atoms with van der Waals surface area (Å²) >= 11 is 1.14. The summed E-state index contributed by atoms with van der Waals surface area (Å²) in [7, 11) is -2.11. The van der Waals surface area contributed by atoms with Crippen LogP contribution in [0, 0.1) is 0 Å². The van der Waals surface area contributed by atoms with Crippen LogP contribution in [0.3, 0.4) is 0 Å². The third-order valence-corrected chi connectivity index (χ3v) is 7.16. The second-order valence-electron chi connectivity index (χ2n) is 6.38. The molecular formula is C21H22N2O3S2. The van der Waals surface area contributed by atoms with Crippen molar-refractivity contribution in [2.75, 3.05) is 13.6 Å². The van der Waals surface area contributed by atoms with Crippen LogP contribution in [0.4, 0.5) is 0 Å². The van der Waals surface area contributed by atoms with Crippen LogP contribution < -0.4 is 5.32 Å². The highest BCUT2D eigenvalue weighted by atomic mass is 32.2. The van der Waals surface area contributed by atoms with Gasteiger partial charge in [0, 0.05) is 25.5 Å². The number of sulfonamides is 1. The summed E-state index contributed by atoms with van der Waals surface area (Å²) < 4.78 is 26.8. The summed E-state index contributed by atoms with van der Waals surface area (Å²) in [6, 6.07) is 20.7. The van der Waals surface area contributed by atoms with Crippen molar-refractivity contribution in [1.82, 2.24) is 9.62 Å². The van der Waals surface area contributed by atoms with E-state index in [4.69, 9.17) is 0 Å². The van der Waals surface area contributed by atoms with Crippen LogP contribution in [-0.4, -0.2) is 32.2 Å². The molecule has 0 radical (unpaired) electrons. The van der Waals surface area contributed by atoms with Crippen LogP contribution in [-0.2, 0) is 23.0 Å². The molecule has 0 atom stereocenters. The minimum absolute atomic E-state index is 0.143. The van der Waals surface area contributed by atoms with Gasteiger partial charge in [0.25, 0.3) is 5.91 Å². The molecule has 0 bridgehead atoms. The van der Waals surface area contributed by atoms with Gasteiger partial charge < -0.3 is 5.32 Å². The number of carbonyl (C=O) groups is 1. The molecule has 1 amide bonds. The lowest BCUT2D eigenvalue weighted by molar-refractivity contribution is 0.0958. The van der Waals surface area contributed by atoms with Gasteiger partial charge in [-0.05, 0) is 23.6 Å². The number of nitrogens with one attached hydrogen (secondary N) is 1. The quantitative estimate of drug-likeness (QED) is 0.613. The van der Waals surface area contributed by atoms with Crippen LogP contribution in [0.1, 0.15) is 20.8 Å². The molecule has 3 aromatic rings. The highest BCUT2D eigenvalue weighted by molar-refractivity contribution is 7.89. The molecule has 1 heterocycles. The molecule has 0 saturated carbocycles. The largest absolute Gasteiger partial charge is 0.351 e. The molecule has 0 saturated heterocycles. The van der Waals surface area contributed by atoms with E-state index in [-0.39, 0.29) is 17.3 Å². The van der Waals surface area contributed by atoms with Gasteiger partial charge in [-0.2, -0.15) is 4.31 Å². The van der Waals surface area contributed by atoms with E-state index in [9.17, 15) is 13.2 Å². The Hall–Kier alpha value is -2.48. The van der Waals surface area contributed by atoms with E-state index in [2.05, 4.69) is 5.32 Å². The number of hydrogen-bond donors (Lipinski definition) is 1. The molecule has 5 nitrogen and oxygen atoms in total. The number of benzene rings is 2. The Kier molecular flexibility index (Phi) is 6.61. The van der Waals surface area contributed by atoms with Gasteiger partial charge in [-0.25, -0.2) is 8.42 Å². The van der Waals surface area contributed by atoms with Crippen LogP contribution in [0.25, 0.3) is 0 Å². The summed E-state index contributed by atoms with van der Waals surface area (Å²) in [5.74, 6) is -0.256. The molecule has 1 N–H and O–H groups in total. The maximum atomic E-state index is 12.8. The number of thiophene rings is 1. The van der Waals surface area contributed by atoms with Crippen molar-refractivity contribution < 1.29 is 13.2 Å². The zero-order valence-electron chi connectivity index (χ0n) is 15.5. The average Bonchev–Trinajstić information content (AvgIpc) is 3.21. The molecule has 146 valence electrons. The summed E-state index contributed by atoms with van der Waals surface area (Å²) in [5.41, 5.74) is 2.04. The van der Waals surface area contributed by atoms with E-state index in [1.54, 1.807) is 7.05 Å². The molecule has 7 heteroatoms. The predicted molar refractivity (Wildman–Crippen MR) is 112 cm³/mol. The number of amides is 1. The zero-order valence-corrected chi connectivity index (χ0v) is 17.2. The predicted octanol–water partition coefficient (Wildman–Crippen LogP) is 3.54. The maximum Gasteiger partial charge on any atom is 0.261 e. The molecular weight excluding hydrogens is 392 g/mol. The molecule has 1 aromatic heterocycles. The molecule has 0 unspecified atom stereocenters. The summed E-state index contributed by atoms with van der Waals surface area (Å²) in [5, 5.41) is 4.36. The first kappa shape index (κ1) is 20.3. The average molecular weight is 415 g/mol. The first-order chi connectivity index (χ1) is 13.5. The van der Waals surface area contributed by atoms with E-state index in [0.29, 0.717) is 11.4 Å². The van der Waals surface area contributed by atoms with Gasteiger partial charge in [-0.15, -0.1) is 11.3 Å². The van der Waals surface area contributed by atoms with Crippen molar-refractivity contribution >= 4 is 27.3 Å². The monoisotopic (exact) mass is 414 g/mol. The minimum Gasteiger partial charge on any atom is -0.351 e. The van der Waals surface area contributed by atoms with Crippen molar-refractivity contribution in [3.05, 3.63) is 88.1 Å². The third kappa shape index (κ3) is 5.07. The van der Waals surface area contributed by atoms with Crippen molar-refractivity contribution in [2.24, 2.45) is 0 Å². The Morgan fingerprint density at radius 2 is 1.61 bits per heavy atom. The lowest BCUT2D eigenvalue weighted by atomic mass is 10.1. The summed E-state index contributed by atoms with van der Waals surface area (Å²) in [6.07, 6.45) is 0.725. The fourth-order valence-corrected chi connectivity index (χ4v) is 5.07. The molecule has 0 aliphatic rings. The van der Waals surface area contributed by atoms with Crippen molar-refractivity contribution in [3.63, 3.8) is 0 Å². The second-order valence-corrected chi connectivity index (χ2v) is 9.34. The van der Waals surface area contributed by atoms with Crippen molar-refractivity contribution in [2.45, 2.75) is 17.9 Å². The Morgan fingerprint density at radius 1 is 1.00 bits per heavy atom. The van der Waals surface area contributed by atoms with Crippen molar-refractivity contribution in [1.29, 1.82) is 0 Å². The van der Waals surface area contributed by atoms with Gasteiger partial charge in [0.05, 0.1) is 9.77 Å². The molecule has 3 rings (SSSR count). The summed E-state index contributed by atoms with van der Waals surface area (Å²) in [4.78, 5) is 12.9. The minimum atomic E-state index is -3.65. The first-order valence-electron chi connectivity index (χ1n) is 8.88. The fraction of sp³-hybridized carbons (Fsp3) is 0.190. The molecule has 2 aromatic carbocycles. The van der Waals surface area contributed by atoms with Crippen molar-refractivity contribution in [3.8, 4) is 0 Å². The fourth-order valence-electron chi connectivity index (χ4n) is 2.73. The third-order valence-electron chi connectivity index (χ3n) is 4.30. The van der Waals surface area contributed by atoms with E-state index < -0.39 is 10.0 Å². The molecule has 0 spiro atoms. The Morgan fingerprint density at radius 3 is 2.25 bits per heavy atom. The number of hydrogen-bond acceptors (Lipinski definition) is 4. The van der Waals surface area contributed by atoms with Gasteiger partial charge in [0.2, 0.25) is 10.0 Å². The zero-order chi connectivity index (χ0) is 20.0. The normalized spacial score (nSPS) is 11.5. The van der Waals surface area contributed by atoms with Gasteiger partial charge in [0.15, 0.2) is 0 Å². The van der Waals surface area contributed by atoms with Gasteiger partial charge in [-0.1, -0.05) is 60.7 Å². The molecule has 0 aliphatic carbocycles. The lowest BCUT2D eigenvalue weighted by Gasteiger charge is -2.16. The van der Waals surface area contributed by atoms with Crippen LogP contribution in [0.2, 0.25) is 0 Å². The van der Waals surface area contributed by atoms with Crippen LogP contribution in [0.5, 0.6) is 0 Å². The van der Waals surface area contributed by atoms with Gasteiger partial charge >= 0.3 is 0 Å². The highest BCUT2D eigenvalue weighted by Crippen LogP contribution is 2.23. The van der Waals surface area contributed by atoms with Gasteiger partial charge in [-0.3, -0.25) is 4.79 Å². The number of rotatable bonds is 8. The number of carbonyl (C=O) groups excluding carboxylic acids is 1. The van der Waals surface area contributed by atoms with E-state index >= 15 is 0 Å². The Balaban J connectivity index is 1.61.